The molecule has 2 N–H and O–H groups in total. The fraction of sp³-hybridized carbons (Fsp3) is 0.172. The Morgan fingerprint density at radius 3 is 2.18 bits per heavy atom. The average Bonchev–Trinajstić information content (AvgIpc) is 3.08. The molecule has 0 aliphatic carbocycles. The van der Waals surface area contributed by atoms with Crippen LogP contribution in [0, 0.1) is 13.8 Å². The maximum absolute atomic E-state index is 13.1. The van der Waals surface area contributed by atoms with Gasteiger partial charge in [0, 0.05) is 16.9 Å². The molecular formula is C29H26ClN3O5. The number of benzene rings is 3. The summed E-state index contributed by atoms with van der Waals surface area (Å²) in [6.07, 6.45) is -0.269. The minimum Gasteiger partial charge on any atom is -0.459 e. The number of nitrogens with zero attached hydrogens (tertiary/aromatic N) is 1. The molecule has 0 aromatic heterocycles. The molecule has 1 aliphatic rings. The summed E-state index contributed by atoms with van der Waals surface area (Å²) in [7, 11) is 0. The van der Waals surface area contributed by atoms with Crippen molar-refractivity contribution in [3.63, 3.8) is 0 Å². The Balaban J connectivity index is 1.50. The van der Waals surface area contributed by atoms with Crippen LogP contribution in [0.5, 0.6) is 0 Å². The number of aryl methyl sites for hydroxylation is 2. The SMILES string of the molecule is Cc1ccc(N2C(=O)C(Cl)=C(Nc3cccc(C(=O)Nc4cccc(C(=O)OC(C)C)c4)c3)C2=O)cc1C. The summed E-state index contributed by atoms with van der Waals surface area (Å²) in [4.78, 5) is 52.0. The van der Waals surface area contributed by atoms with E-state index < -0.39 is 23.7 Å². The number of hydrogen-bond acceptors (Lipinski definition) is 6. The van der Waals surface area contributed by atoms with Crippen molar-refractivity contribution in [2.75, 3.05) is 15.5 Å². The van der Waals surface area contributed by atoms with E-state index in [-0.39, 0.29) is 22.4 Å². The Bertz CT molecular complexity index is 1500. The van der Waals surface area contributed by atoms with E-state index in [2.05, 4.69) is 10.6 Å². The summed E-state index contributed by atoms with van der Waals surface area (Å²) in [5, 5.41) is 5.40. The molecule has 1 heterocycles. The highest BCUT2D eigenvalue weighted by atomic mass is 35.5. The van der Waals surface area contributed by atoms with E-state index in [1.54, 1.807) is 62.4 Å². The maximum atomic E-state index is 13.1. The highest BCUT2D eigenvalue weighted by Crippen LogP contribution is 2.31. The van der Waals surface area contributed by atoms with Crippen LogP contribution in [0.3, 0.4) is 0 Å². The first-order chi connectivity index (χ1) is 18.0. The molecule has 9 heteroatoms. The molecule has 0 atom stereocenters. The third kappa shape index (κ3) is 5.60. The average molecular weight is 532 g/mol. The van der Waals surface area contributed by atoms with Gasteiger partial charge < -0.3 is 15.4 Å². The van der Waals surface area contributed by atoms with Gasteiger partial charge in [-0.1, -0.05) is 29.8 Å². The van der Waals surface area contributed by atoms with Crippen LogP contribution in [0.1, 0.15) is 45.7 Å². The molecule has 0 radical (unpaired) electrons. The van der Waals surface area contributed by atoms with Crippen molar-refractivity contribution < 1.29 is 23.9 Å². The standard InChI is InChI=1S/C29H26ClN3O5/c1-16(2)38-29(37)20-8-6-10-22(15-20)32-26(34)19-7-5-9-21(14-19)31-25-24(30)27(35)33(28(25)36)23-12-11-17(3)18(4)13-23/h5-16,31H,1-4H3,(H,32,34). The van der Waals surface area contributed by atoms with Crippen molar-refractivity contribution >= 4 is 52.4 Å². The summed E-state index contributed by atoms with van der Waals surface area (Å²) in [6, 6.07) is 18.1. The van der Waals surface area contributed by atoms with Crippen molar-refractivity contribution in [1.29, 1.82) is 0 Å². The Hall–Kier alpha value is -4.43. The number of halogens is 1. The molecule has 0 fully saturated rings. The Labute approximate surface area is 225 Å². The molecule has 0 unspecified atom stereocenters. The first-order valence-corrected chi connectivity index (χ1v) is 12.3. The van der Waals surface area contributed by atoms with Crippen LogP contribution in [0.2, 0.25) is 0 Å². The molecule has 194 valence electrons. The van der Waals surface area contributed by atoms with Crippen LogP contribution in [-0.2, 0) is 14.3 Å². The molecule has 0 spiro atoms. The van der Waals surface area contributed by atoms with Gasteiger partial charge in [-0.2, -0.15) is 0 Å². The number of ether oxygens (including phenoxy) is 1. The smallest absolute Gasteiger partial charge is 0.338 e. The van der Waals surface area contributed by atoms with Crippen molar-refractivity contribution in [2.45, 2.75) is 33.8 Å². The van der Waals surface area contributed by atoms with Crippen molar-refractivity contribution in [3.05, 3.63) is 99.7 Å². The van der Waals surface area contributed by atoms with Gasteiger partial charge in [0.15, 0.2) is 0 Å². The number of anilines is 3. The van der Waals surface area contributed by atoms with Gasteiger partial charge in [-0.25, -0.2) is 9.69 Å². The van der Waals surface area contributed by atoms with Crippen molar-refractivity contribution in [2.24, 2.45) is 0 Å². The Morgan fingerprint density at radius 1 is 0.842 bits per heavy atom. The number of hydrogen-bond donors (Lipinski definition) is 2. The second kappa shape index (κ2) is 10.9. The van der Waals surface area contributed by atoms with Crippen LogP contribution < -0.4 is 15.5 Å². The number of carbonyl (C=O) groups is 4. The molecule has 0 bridgehead atoms. The number of carbonyl (C=O) groups excluding carboxylic acids is 4. The fourth-order valence-corrected chi connectivity index (χ4v) is 4.01. The number of esters is 1. The monoisotopic (exact) mass is 531 g/mol. The lowest BCUT2D eigenvalue weighted by atomic mass is 10.1. The zero-order valence-electron chi connectivity index (χ0n) is 21.3. The molecular weight excluding hydrogens is 506 g/mol. The first-order valence-electron chi connectivity index (χ1n) is 11.9. The minimum absolute atomic E-state index is 0.0798. The third-order valence-corrected chi connectivity index (χ3v) is 6.22. The highest BCUT2D eigenvalue weighted by molar-refractivity contribution is 6.53. The Kier molecular flexibility index (Phi) is 7.64. The van der Waals surface area contributed by atoms with Gasteiger partial charge in [-0.15, -0.1) is 0 Å². The van der Waals surface area contributed by atoms with E-state index in [1.807, 2.05) is 19.9 Å². The summed E-state index contributed by atoms with van der Waals surface area (Å²) in [6.45, 7) is 7.33. The summed E-state index contributed by atoms with van der Waals surface area (Å²) in [5.41, 5.74) is 3.70. The van der Waals surface area contributed by atoms with Crippen molar-refractivity contribution in [1.82, 2.24) is 0 Å². The van der Waals surface area contributed by atoms with Crippen LogP contribution in [0.25, 0.3) is 0 Å². The minimum atomic E-state index is -0.632. The van der Waals surface area contributed by atoms with E-state index in [1.165, 1.54) is 12.1 Å². The predicted octanol–water partition coefficient (Wildman–Crippen LogP) is 5.56. The summed E-state index contributed by atoms with van der Waals surface area (Å²) < 4.78 is 5.20. The number of imide groups is 1. The topological polar surface area (TPSA) is 105 Å². The van der Waals surface area contributed by atoms with Gasteiger partial charge in [0.25, 0.3) is 17.7 Å². The number of rotatable bonds is 7. The van der Waals surface area contributed by atoms with E-state index >= 15 is 0 Å². The van der Waals surface area contributed by atoms with Gasteiger partial charge >= 0.3 is 5.97 Å². The zero-order valence-corrected chi connectivity index (χ0v) is 22.1. The molecule has 0 saturated carbocycles. The van der Waals surface area contributed by atoms with Crippen LogP contribution >= 0.6 is 11.6 Å². The van der Waals surface area contributed by atoms with Gasteiger partial charge in [-0.3, -0.25) is 14.4 Å². The van der Waals surface area contributed by atoms with Gasteiger partial charge in [0.1, 0.15) is 10.7 Å². The fourth-order valence-electron chi connectivity index (χ4n) is 3.80. The molecule has 8 nitrogen and oxygen atoms in total. The second-order valence-corrected chi connectivity index (χ2v) is 9.48. The molecule has 1 aliphatic heterocycles. The van der Waals surface area contributed by atoms with Gasteiger partial charge in [-0.05, 0) is 87.4 Å². The maximum Gasteiger partial charge on any atom is 0.338 e. The number of nitrogens with one attached hydrogen (secondary N) is 2. The van der Waals surface area contributed by atoms with Gasteiger partial charge in [0.2, 0.25) is 0 Å². The zero-order chi connectivity index (χ0) is 27.6. The molecule has 38 heavy (non-hydrogen) atoms. The lowest BCUT2D eigenvalue weighted by molar-refractivity contribution is -0.120. The van der Waals surface area contributed by atoms with Crippen LogP contribution in [0.4, 0.5) is 17.1 Å². The third-order valence-electron chi connectivity index (χ3n) is 5.87. The summed E-state index contributed by atoms with van der Waals surface area (Å²) in [5.74, 6) is -2.15. The van der Waals surface area contributed by atoms with Crippen LogP contribution in [0.15, 0.2) is 77.5 Å². The first kappa shape index (κ1) is 26.6. The number of amides is 3. The largest absolute Gasteiger partial charge is 0.459 e. The predicted molar refractivity (Wildman–Crippen MR) is 146 cm³/mol. The second-order valence-electron chi connectivity index (χ2n) is 9.10. The van der Waals surface area contributed by atoms with E-state index in [4.69, 9.17) is 16.3 Å². The molecule has 3 amide bonds. The quantitative estimate of drug-likeness (QED) is 0.305. The Morgan fingerprint density at radius 2 is 1.50 bits per heavy atom. The molecule has 4 rings (SSSR count). The van der Waals surface area contributed by atoms with E-state index in [0.29, 0.717) is 22.6 Å². The normalized spacial score (nSPS) is 13.3. The molecule has 3 aromatic rings. The molecule has 3 aromatic carbocycles. The van der Waals surface area contributed by atoms with Crippen LogP contribution in [-0.4, -0.2) is 29.8 Å². The van der Waals surface area contributed by atoms with E-state index in [0.717, 1.165) is 16.0 Å². The van der Waals surface area contributed by atoms with Crippen molar-refractivity contribution in [3.8, 4) is 0 Å². The highest BCUT2D eigenvalue weighted by Gasteiger charge is 2.39. The lowest BCUT2D eigenvalue weighted by Gasteiger charge is -2.16. The summed E-state index contributed by atoms with van der Waals surface area (Å²) >= 11 is 6.26. The lowest BCUT2D eigenvalue weighted by Crippen LogP contribution is -2.32. The van der Waals surface area contributed by atoms with Gasteiger partial charge in [0.05, 0.1) is 17.4 Å². The van der Waals surface area contributed by atoms with E-state index in [9.17, 15) is 19.2 Å². The molecule has 0 saturated heterocycles.